The van der Waals surface area contributed by atoms with Gasteiger partial charge in [-0.3, -0.25) is 0 Å². The van der Waals surface area contributed by atoms with E-state index in [1.165, 1.54) is 24.1 Å². The molecule has 3 rings (SSSR count). The minimum absolute atomic E-state index is 0.882. The molecule has 1 aromatic rings. The Hall–Kier alpha value is -1.16. The highest BCUT2D eigenvalue weighted by Gasteiger charge is 2.22. The summed E-state index contributed by atoms with van der Waals surface area (Å²) in [4.78, 5) is 8.66. The summed E-state index contributed by atoms with van der Waals surface area (Å²) in [7, 11) is 0. The van der Waals surface area contributed by atoms with Gasteiger partial charge in [-0.1, -0.05) is 0 Å². The molecule has 2 heterocycles. The molecular formula is C11H16N4. The van der Waals surface area contributed by atoms with E-state index < -0.39 is 0 Å². The predicted octanol–water partition coefficient (Wildman–Crippen LogP) is 0.944. The molecule has 0 spiro atoms. The molecule has 0 saturated heterocycles. The Bertz CT molecular complexity index is 360. The zero-order valence-electron chi connectivity index (χ0n) is 8.79. The number of aromatic nitrogens is 2. The van der Waals surface area contributed by atoms with Crippen molar-refractivity contribution in [2.24, 2.45) is 5.92 Å². The second-order valence-corrected chi connectivity index (χ2v) is 4.40. The van der Waals surface area contributed by atoms with Gasteiger partial charge in [-0.25, -0.2) is 9.97 Å². The van der Waals surface area contributed by atoms with E-state index in [1.54, 1.807) is 6.33 Å². The van der Waals surface area contributed by atoms with Crippen LogP contribution in [0.1, 0.15) is 24.1 Å². The second-order valence-electron chi connectivity index (χ2n) is 4.40. The van der Waals surface area contributed by atoms with Gasteiger partial charge in [0.1, 0.15) is 12.1 Å². The van der Waals surface area contributed by atoms with Gasteiger partial charge in [-0.15, -0.1) is 0 Å². The van der Waals surface area contributed by atoms with Crippen LogP contribution >= 0.6 is 0 Å². The fourth-order valence-electron chi connectivity index (χ4n) is 1.99. The molecular weight excluding hydrogens is 188 g/mol. The standard InChI is InChI=1S/C11H16N4/c1-2-8(1)5-13-11-9-6-12-4-3-10(9)14-7-15-11/h7-8,12H,1-6H2,(H,13,14,15). The van der Waals surface area contributed by atoms with E-state index in [0.717, 1.165) is 37.8 Å². The van der Waals surface area contributed by atoms with Gasteiger partial charge < -0.3 is 10.6 Å². The molecule has 0 amide bonds. The molecule has 4 heteroatoms. The van der Waals surface area contributed by atoms with Crippen molar-refractivity contribution in [1.82, 2.24) is 15.3 Å². The Balaban J connectivity index is 1.79. The largest absolute Gasteiger partial charge is 0.369 e. The van der Waals surface area contributed by atoms with Crippen LogP contribution in [0.2, 0.25) is 0 Å². The molecule has 0 unspecified atom stereocenters. The van der Waals surface area contributed by atoms with Gasteiger partial charge >= 0.3 is 0 Å². The van der Waals surface area contributed by atoms with Gasteiger partial charge in [-0.2, -0.15) is 0 Å². The van der Waals surface area contributed by atoms with Crippen molar-refractivity contribution in [3.63, 3.8) is 0 Å². The third kappa shape index (κ3) is 1.95. The number of anilines is 1. The van der Waals surface area contributed by atoms with Crippen molar-refractivity contribution in [3.05, 3.63) is 17.6 Å². The first-order valence-electron chi connectivity index (χ1n) is 5.71. The van der Waals surface area contributed by atoms with Crippen LogP contribution < -0.4 is 10.6 Å². The number of nitrogens with one attached hydrogen (secondary N) is 2. The SMILES string of the molecule is c1nc2c(c(NCC3CC3)n1)CNCC2. The lowest BCUT2D eigenvalue weighted by molar-refractivity contribution is 0.626. The monoisotopic (exact) mass is 204 g/mol. The van der Waals surface area contributed by atoms with E-state index in [0.29, 0.717) is 0 Å². The van der Waals surface area contributed by atoms with Crippen molar-refractivity contribution in [1.29, 1.82) is 0 Å². The van der Waals surface area contributed by atoms with Crippen LogP contribution in [0.5, 0.6) is 0 Å². The Morgan fingerprint density at radius 3 is 3.20 bits per heavy atom. The number of hydrogen-bond donors (Lipinski definition) is 2. The number of nitrogens with zero attached hydrogens (tertiary/aromatic N) is 2. The molecule has 0 aromatic carbocycles. The van der Waals surface area contributed by atoms with Gasteiger partial charge in [-0.05, 0) is 18.8 Å². The lowest BCUT2D eigenvalue weighted by atomic mass is 10.1. The smallest absolute Gasteiger partial charge is 0.134 e. The first-order chi connectivity index (χ1) is 7.43. The lowest BCUT2D eigenvalue weighted by Crippen LogP contribution is -2.26. The molecule has 4 nitrogen and oxygen atoms in total. The summed E-state index contributed by atoms with van der Waals surface area (Å²) in [5.74, 6) is 1.92. The van der Waals surface area contributed by atoms with Crippen LogP contribution in [-0.2, 0) is 13.0 Å². The normalized spacial score (nSPS) is 19.7. The molecule has 80 valence electrons. The fourth-order valence-corrected chi connectivity index (χ4v) is 1.99. The predicted molar refractivity (Wildman–Crippen MR) is 58.7 cm³/mol. The highest BCUT2D eigenvalue weighted by atomic mass is 15.0. The summed E-state index contributed by atoms with van der Waals surface area (Å²) >= 11 is 0. The Labute approximate surface area is 89.5 Å². The maximum absolute atomic E-state index is 4.33. The zero-order valence-corrected chi connectivity index (χ0v) is 8.79. The molecule has 1 saturated carbocycles. The van der Waals surface area contributed by atoms with Gasteiger partial charge in [0, 0.05) is 31.6 Å². The van der Waals surface area contributed by atoms with Gasteiger partial charge in [0.25, 0.3) is 0 Å². The lowest BCUT2D eigenvalue weighted by Gasteiger charge is -2.18. The summed E-state index contributed by atoms with van der Waals surface area (Å²) in [6.07, 6.45) is 5.45. The highest BCUT2D eigenvalue weighted by molar-refractivity contribution is 5.46. The minimum atomic E-state index is 0.882. The summed E-state index contributed by atoms with van der Waals surface area (Å²) in [6.45, 7) is 3.01. The highest BCUT2D eigenvalue weighted by Crippen LogP contribution is 2.29. The molecule has 1 aliphatic heterocycles. The Morgan fingerprint density at radius 2 is 2.33 bits per heavy atom. The van der Waals surface area contributed by atoms with E-state index in [1.807, 2.05) is 0 Å². The van der Waals surface area contributed by atoms with Crippen molar-refractivity contribution in [2.75, 3.05) is 18.4 Å². The zero-order chi connectivity index (χ0) is 10.1. The summed E-state index contributed by atoms with van der Waals surface area (Å²) in [5, 5.41) is 6.81. The van der Waals surface area contributed by atoms with Crippen molar-refractivity contribution in [3.8, 4) is 0 Å². The fraction of sp³-hybridized carbons (Fsp3) is 0.636. The van der Waals surface area contributed by atoms with Crippen LogP contribution in [0, 0.1) is 5.92 Å². The topological polar surface area (TPSA) is 49.8 Å². The maximum Gasteiger partial charge on any atom is 0.134 e. The van der Waals surface area contributed by atoms with E-state index in [2.05, 4.69) is 20.6 Å². The molecule has 15 heavy (non-hydrogen) atoms. The van der Waals surface area contributed by atoms with Crippen LogP contribution in [0.4, 0.5) is 5.82 Å². The van der Waals surface area contributed by atoms with E-state index in [4.69, 9.17) is 0 Å². The molecule has 1 aromatic heterocycles. The van der Waals surface area contributed by atoms with E-state index >= 15 is 0 Å². The molecule has 1 fully saturated rings. The average molecular weight is 204 g/mol. The van der Waals surface area contributed by atoms with Crippen molar-refractivity contribution < 1.29 is 0 Å². The minimum Gasteiger partial charge on any atom is -0.369 e. The average Bonchev–Trinajstić information content (AvgIpc) is 3.10. The van der Waals surface area contributed by atoms with E-state index in [9.17, 15) is 0 Å². The van der Waals surface area contributed by atoms with Crippen LogP contribution in [0.3, 0.4) is 0 Å². The van der Waals surface area contributed by atoms with E-state index in [-0.39, 0.29) is 0 Å². The third-order valence-corrected chi connectivity index (χ3v) is 3.13. The van der Waals surface area contributed by atoms with Crippen molar-refractivity contribution in [2.45, 2.75) is 25.8 Å². The molecule has 1 aliphatic carbocycles. The van der Waals surface area contributed by atoms with Crippen LogP contribution in [0.15, 0.2) is 6.33 Å². The summed E-state index contributed by atoms with van der Waals surface area (Å²) in [5.41, 5.74) is 2.48. The summed E-state index contributed by atoms with van der Waals surface area (Å²) in [6, 6.07) is 0. The van der Waals surface area contributed by atoms with Gasteiger partial charge in [0.15, 0.2) is 0 Å². The number of fused-ring (bicyclic) bond motifs is 1. The van der Waals surface area contributed by atoms with Gasteiger partial charge in [0.05, 0.1) is 5.69 Å². The number of hydrogen-bond acceptors (Lipinski definition) is 4. The van der Waals surface area contributed by atoms with Crippen LogP contribution in [0.25, 0.3) is 0 Å². The van der Waals surface area contributed by atoms with Gasteiger partial charge in [0.2, 0.25) is 0 Å². The first kappa shape index (κ1) is 9.09. The van der Waals surface area contributed by atoms with Crippen LogP contribution in [-0.4, -0.2) is 23.1 Å². The molecule has 2 aliphatic rings. The Morgan fingerprint density at radius 1 is 1.40 bits per heavy atom. The molecule has 2 N–H and O–H groups in total. The molecule has 0 radical (unpaired) electrons. The molecule has 0 atom stereocenters. The quantitative estimate of drug-likeness (QED) is 0.769. The maximum atomic E-state index is 4.33. The first-order valence-corrected chi connectivity index (χ1v) is 5.71. The summed E-state index contributed by atoms with van der Waals surface area (Å²) < 4.78 is 0. The molecule has 0 bridgehead atoms. The third-order valence-electron chi connectivity index (χ3n) is 3.13. The number of rotatable bonds is 3. The second kappa shape index (κ2) is 3.77. The Kier molecular flexibility index (Phi) is 2.29. The van der Waals surface area contributed by atoms with Crippen molar-refractivity contribution >= 4 is 5.82 Å².